The van der Waals surface area contributed by atoms with Gasteiger partial charge < -0.3 is 9.15 Å². The van der Waals surface area contributed by atoms with Crippen LogP contribution < -0.4 is 4.74 Å². The van der Waals surface area contributed by atoms with E-state index in [-0.39, 0.29) is 5.60 Å². The number of ether oxygens (including phenoxy) is 1. The zero-order valence-corrected chi connectivity index (χ0v) is 22.7. The van der Waals surface area contributed by atoms with Crippen LogP contribution in [0.5, 0.6) is 5.75 Å². The van der Waals surface area contributed by atoms with E-state index in [1.807, 2.05) is 0 Å². The Balaban J connectivity index is 1.34. The quantitative estimate of drug-likeness (QED) is 0.229. The van der Waals surface area contributed by atoms with Crippen molar-refractivity contribution in [3.8, 4) is 5.75 Å². The van der Waals surface area contributed by atoms with Gasteiger partial charge in [0.2, 0.25) is 0 Å². The maximum absolute atomic E-state index is 6.73. The van der Waals surface area contributed by atoms with E-state index in [9.17, 15) is 0 Å². The molecular weight excluding hydrogens is 416 g/mol. The van der Waals surface area contributed by atoms with Crippen molar-refractivity contribution in [2.45, 2.75) is 142 Å². The van der Waals surface area contributed by atoms with E-state index in [1.54, 1.807) is 6.08 Å². The molecule has 1 aliphatic rings. The van der Waals surface area contributed by atoms with Crippen molar-refractivity contribution in [2.24, 2.45) is 0 Å². The molecule has 3 rings (SSSR count). The first-order valence-corrected chi connectivity index (χ1v) is 14.4. The van der Waals surface area contributed by atoms with Gasteiger partial charge in [-0.2, -0.15) is 0 Å². The SMILES string of the molecule is C=Cc1cc2c3c(c(C)c(C)c2o1)OC(C)(CCCCCCCCCCCCCCCC)CC3. The van der Waals surface area contributed by atoms with E-state index in [1.165, 1.54) is 112 Å². The van der Waals surface area contributed by atoms with E-state index in [0.717, 1.165) is 36.4 Å². The zero-order chi connectivity index (χ0) is 24.4. The molecule has 2 heteroatoms. The first-order valence-electron chi connectivity index (χ1n) is 14.4. The number of aryl methyl sites for hydroxylation is 2. The van der Waals surface area contributed by atoms with Crippen molar-refractivity contribution in [3.05, 3.63) is 35.1 Å². The van der Waals surface area contributed by atoms with Gasteiger partial charge in [-0.1, -0.05) is 97.0 Å². The number of hydrogen-bond donors (Lipinski definition) is 0. The number of unbranched alkanes of at least 4 members (excludes halogenated alkanes) is 13. The van der Waals surface area contributed by atoms with Crippen molar-refractivity contribution < 1.29 is 9.15 Å². The Labute approximate surface area is 209 Å². The van der Waals surface area contributed by atoms with Crippen molar-refractivity contribution in [3.63, 3.8) is 0 Å². The van der Waals surface area contributed by atoms with Crippen LogP contribution in [0.25, 0.3) is 17.0 Å². The fourth-order valence-corrected chi connectivity index (χ4v) is 5.65. The molecule has 2 heterocycles. The molecule has 0 saturated heterocycles. The van der Waals surface area contributed by atoms with Crippen LogP contribution in [0.15, 0.2) is 17.1 Å². The van der Waals surface area contributed by atoms with Crippen molar-refractivity contribution in [1.82, 2.24) is 0 Å². The summed E-state index contributed by atoms with van der Waals surface area (Å²) in [6, 6.07) is 2.13. The standard InChI is InChI=1S/C32H50O2/c1-6-8-9-10-11-12-13-14-15-16-17-18-19-20-22-32(5)23-21-28-29-24-27(7-2)33-30(29)25(3)26(4)31(28)34-32/h7,24H,2,6,8-23H2,1,3-5H3. The van der Waals surface area contributed by atoms with Crippen LogP contribution in [0, 0.1) is 13.8 Å². The molecule has 0 aliphatic carbocycles. The second kappa shape index (κ2) is 13.4. The maximum atomic E-state index is 6.73. The van der Waals surface area contributed by atoms with Gasteiger partial charge in [0.1, 0.15) is 22.7 Å². The Morgan fingerprint density at radius 1 is 0.853 bits per heavy atom. The first kappa shape index (κ1) is 26.9. The van der Waals surface area contributed by atoms with E-state index in [0.29, 0.717) is 0 Å². The molecular formula is C32H50O2. The lowest BCUT2D eigenvalue weighted by atomic mass is 9.85. The van der Waals surface area contributed by atoms with Gasteiger partial charge in [-0.15, -0.1) is 0 Å². The normalized spacial score (nSPS) is 17.6. The highest BCUT2D eigenvalue weighted by atomic mass is 16.5. The maximum Gasteiger partial charge on any atom is 0.138 e. The van der Waals surface area contributed by atoms with Gasteiger partial charge in [-0.25, -0.2) is 0 Å². The summed E-state index contributed by atoms with van der Waals surface area (Å²) >= 11 is 0. The van der Waals surface area contributed by atoms with Gasteiger partial charge in [-0.05, 0) is 69.7 Å². The summed E-state index contributed by atoms with van der Waals surface area (Å²) in [4.78, 5) is 0. The average Bonchev–Trinajstić information content (AvgIpc) is 3.27. The van der Waals surface area contributed by atoms with Crippen LogP contribution in [-0.4, -0.2) is 5.60 Å². The second-order valence-electron chi connectivity index (χ2n) is 11.1. The monoisotopic (exact) mass is 466 g/mol. The molecule has 0 fully saturated rings. The third-order valence-corrected chi connectivity index (χ3v) is 8.11. The highest BCUT2D eigenvalue weighted by Crippen LogP contribution is 2.44. The first-order chi connectivity index (χ1) is 16.5. The Morgan fingerprint density at radius 3 is 1.97 bits per heavy atom. The zero-order valence-electron chi connectivity index (χ0n) is 22.7. The molecule has 1 aromatic carbocycles. The molecule has 1 atom stereocenters. The lowest BCUT2D eigenvalue weighted by molar-refractivity contribution is 0.0530. The Bertz CT molecular complexity index is 906. The summed E-state index contributed by atoms with van der Waals surface area (Å²) in [5.74, 6) is 1.96. The van der Waals surface area contributed by atoms with Gasteiger partial charge in [0.05, 0.1) is 0 Å². The highest BCUT2D eigenvalue weighted by molar-refractivity contribution is 5.90. The van der Waals surface area contributed by atoms with Gasteiger partial charge in [0.25, 0.3) is 0 Å². The average molecular weight is 467 g/mol. The van der Waals surface area contributed by atoms with Crippen molar-refractivity contribution >= 4 is 17.0 Å². The van der Waals surface area contributed by atoms with Gasteiger partial charge in [0.15, 0.2) is 0 Å². The lowest BCUT2D eigenvalue weighted by Crippen LogP contribution is -2.36. The lowest BCUT2D eigenvalue weighted by Gasteiger charge is -2.37. The van der Waals surface area contributed by atoms with Crippen LogP contribution >= 0.6 is 0 Å². The second-order valence-corrected chi connectivity index (χ2v) is 11.1. The molecule has 1 aliphatic heterocycles. The molecule has 2 aromatic rings. The molecule has 190 valence electrons. The highest BCUT2D eigenvalue weighted by Gasteiger charge is 2.34. The molecule has 0 amide bonds. The van der Waals surface area contributed by atoms with Crippen molar-refractivity contribution in [2.75, 3.05) is 0 Å². The topological polar surface area (TPSA) is 22.4 Å². The number of benzene rings is 1. The molecule has 0 saturated carbocycles. The predicted octanol–water partition coefficient (Wildman–Crippen LogP) is 10.6. The summed E-state index contributed by atoms with van der Waals surface area (Å²) in [5, 5.41) is 1.21. The Kier molecular flexibility index (Phi) is 10.6. The molecule has 34 heavy (non-hydrogen) atoms. The number of fused-ring (bicyclic) bond motifs is 3. The molecule has 0 spiro atoms. The van der Waals surface area contributed by atoms with Crippen LogP contribution in [0.3, 0.4) is 0 Å². The third-order valence-electron chi connectivity index (χ3n) is 8.11. The molecule has 0 bridgehead atoms. The summed E-state index contributed by atoms with van der Waals surface area (Å²) in [6.07, 6.45) is 24.8. The van der Waals surface area contributed by atoms with Gasteiger partial charge >= 0.3 is 0 Å². The molecule has 1 aromatic heterocycles. The summed E-state index contributed by atoms with van der Waals surface area (Å²) < 4.78 is 12.8. The van der Waals surface area contributed by atoms with E-state index < -0.39 is 0 Å². The molecule has 0 N–H and O–H groups in total. The van der Waals surface area contributed by atoms with E-state index in [4.69, 9.17) is 9.15 Å². The van der Waals surface area contributed by atoms with Crippen LogP contribution in [-0.2, 0) is 6.42 Å². The van der Waals surface area contributed by atoms with Crippen molar-refractivity contribution in [1.29, 1.82) is 0 Å². The molecule has 1 unspecified atom stereocenters. The predicted molar refractivity (Wildman–Crippen MR) is 148 cm³/mol. The minimum Gasteiger partial charge on any atom is -0.487 e. The van der Waals surface area contributed by atoms with Crippen LogP contribution in [0.2, 0.25) is 0 Å². The molecule has 0 radical (unpaired) electrons. The number of rotatable bonds is 16. The van der Waals surface area contributed by atoms with Gasteiger partial charge in [0, 0.05) is 10.9 Å². The van der Waals surface area contributed by atoms with E-state index >= 15 is 0 Å². The third kappa shape index (κ3) is 7.15. The fraction of sp³-hybridized carbons (Fsp3) is 0.688. The smallest absolute Gasteiger partial charge is 0.138 e. The number of furan rings is 1. The van der Waals surface area contributed by atoms with E-state index in [2.05, 4.69) is 40.3 Å². The summed E-state index contributed by atoms with van der Waals surface area (Å²) in [7, 11) is 0. The summed E-state index contributed by atoms with van der Waals surface area (Å²) in [6.45, 7) is 12.8. The Morgan fingerprint density at radius 2 is 1.41 bits per heavy atom. The largest absolute Gasteiger partial charge is 0.487 e. The number of hydrogen-bond acceptors (Lipinski definition) is 2. The fourth-order valence-electron chi connectivity index (χ4n) is 5.65. The minimum absolute atomic E-state index is 0.0417. The molecule has 2 nitrogen and oxygen atoms in total. The van der Waals surface area contributed by atoms with Crippen LogP contribution in [0.4, 0.5) is 0 Å². The van der Waals surface area contributed by atoms with Gasteiger partial charge in [-0.3, -0.25) is 0 Å². The minimum atomic E-state index is -0.0417. The Hall–Kier alpha value is -1.70. The summed E-state index contributed by atoms with van der Waals surface area (Å²) in [5.41, 5.74) is 4.72. The van der Waals surface area contributed by atoms with Crippen LogP contribution in [0.1, 0.15) is 139 Å².